The molecule has 1 saturated heterocycles. The van der Waals surface area contributed by atoms with Gasteiger partial charge < -0.3 is 5.11 Å². The highest BCUT2D eigenvalue weighted by molar-refractivity contribution is 9.10. The van der Waals surface area contributed by atoms with Crippen molar-refractivity contribution in [2.75, 3.05) is 17.8 Å². The molecule has 0 unspecified atom stereocenters. The van der Waals surface area contributed by atoms with Crippen molar-refractivity contribution < 1.29 is 18.3 Å². The van der Waals surface area contributed by atoms with Crippen molar-refractivity contribution in [3.63, 3.8) is 0 Å². The van der Waals surface area contributed by atoms with Crippen molar-refractivity contribution >= 4 is 37.8 Å². The van der Waals surface area contributed by atoms with E-state index in [1.807, 2.05) is 13.0 Å². The van der Waals surface area contributed by atoms with Gasteiger partial charge in [0, 0.05) is 17.6 Å². The summed E-state index contributed by atoms with van der Waals surface area (Å²) in [5, 5.41) is 8.94. The van der Waals surface area contributed by atoms with Crippen LogP contribution >= 0.6 is 15.9 Å². The Kier molecular flexibility index (Phi) is 4.90. The van der Waals surface area contributed by atoms with E-state index in [0.717, 1.165) is 10.0 Å². The SMILES string of the molecule is Cc1cc(Br)ccc1NS(=O)(=O)N1CCC(C(=O)O)CC1. The molecule has 6 nitrogen and oxygen atoms in total. The van der Waals surface area contributed by atoms with Crippen LogP contribution in [0.3, 0.4) is 0 Å². The number of piperidine rings is 1. The van der Waals surface area contributed by atoms with Crippen molar-refractivity contribution in [3.05, 3.63) is 28.2 Å². The van der Waals surface area contributed by atoms with Crippen LogP contribution in [0.5, 0.6) is 0 Å². The van der Waals surface area contributed by atoms with E-state index in [9.17, 15) is 13.2 Å². The lowest BCUT2D eigenvalue weighted by molar-refractivity contribution is -0.142. The van der Waals surface area contributed by atoms with E-state index in [1.54, 1.807) is 12.1 Å². The fourth-order valence-electron chi connectivity index (χ4n) is 2.29. The minimum atomic E-state index is -3.65. The van der Waals surface area contributed by atoms with Gasteiger partial charge >= 0.3 is 16.2 Å². The number of carbonyl (C=O) groups is 1. The summed E-state index contributed by atoms with van der Waals surface area (Å²) in [6.45, 7) is 2.27. The van der Waals surface area contributed by atoms with Gasteiger partial charge in [-0.15, -0.1) is 0 Å². The Balaban J connectivity index is 2.07. The highest BCUT2D eigenvalue weighted by Crippen LogP contribution is 2.24. The maximum atomic E-state index is 12.3. The first-order valence-corrected chi connectivity index (χ1v) is 8.80. The Morgan fingerprint density at radius 2 is 2.00 bits per heavy atom. The van der Waals surface area contributed by atoms with Crippen molar-refractivity contribution in [3.8, 4) is 0 Å². The molecule has 0 bridgehead atoms. The molecule has 1 aliphatic heterocycles. The number of hydrogen-bond acceptors (Lipinski definition) is 3. The van der Waals surface area contributed by atoms with Crippen LogP contribution in [0.15, 0.2) is 22.7 Å². The summed E-state index contributed by atoms with van der Waals surface area (Å²) in [6, 6.07) is 5.29. The monoisotopic (exact) mass is 376 g/mol. The number of hydrogen-bond donors (Lipinski definition) is 2. The van der Waals surface area contributed by atoms with Crippen molar-refractivity contribution in [1.82, 2.24) is 4.31 Å². The van der Waals surface area contributed by atoms with Crippen LogP contribution in [0.2, 0.25) is 0 Å². The van der Waals surface area contributed by atoms with Gasteiger partial charge in [-0.2, -0.15) is 12.7 Å². The number of aryl methyl sites for hydroxylation is 1. The van der Waals surface area contributed by atoms with Crippen LogP contribution in [0, 0.1) is 12.8 Å². The minimum Gasteiger partial charge on any atom is -0.481 e. The third-order valence-electron chi connectivity index (χ3n) is 3.57. The molecule has 1 aliphatic rings. The predicted octanol–water partition coefficient (Wildman–Crippen LogP) is 2.21. The smallest absolute Gasteiger partial charge is 0.306 e. The van der Waals surface area contributed by atoms with E-state index in [-0.39, 0.29) is 13.1 Å². The van der Waals surface area contributed by atoms with Crippen LogP contribution in [-0.2, 0) is 15.0 Å². The van der Waals surface area contributed by atoms with Crippen LogP contribution in [0.1, 0.15) is 18.4 Å². The molecule has 0 spiro atoms. The summed E-state index contributed by atoms with van der Waals surface area (Å²) in [5.41, 5.74) is 1.34. The van der Waals surface area contributed by atoms with Gasteiger partial charge in [-0.1, -0.05) is 15.9 Å². The van der Waals surface area contributed by atoms with E-state index >= 15 is 0 Å². The van der Waals surface area contributed by atoms with E-state index in [2.05, 4.69) is 20.7 Å². The first-order valence-electron chi connectivity index (χ1n) is 6.56. The largest absolute Gasteiger partial charge is 0.481 e. The first kappa shape index (κ1) is 16.3. The van der Waals surface area contributed by atoms with E-state index in [0.29, 0.717) is 18.5 Å². The summed E-state index contributed by atoms with van der Waals surface area (Å²) < 4.78 is 29.4. The first-order chi connectivity index (χ1) is 9.79. The molecular formula is C13H17BrN2O4S. The van der Waals surface area contributed by atoms with Crippen LogP contribution in [0.4, 0.5) is 5.69 Å². The third-order valence-corrected chi connectivity index (χ3v) is 5.59. The second kappa shape index (κ2) is 6.33. The summed E-state index contributed by atoms with van der Waals surface area (Å²) in [5.74, 6) is -1.31. The summed E-state index contributed by atoms with van der Waals surface area (Å²) in [7, 11) is -3.65. The molecule has 21 heavy (non-hydrogen) atoms. The molecule has 1 heterocycles. The van der Waals surface area contributed by atoms with E-state index < -0.39 is 22.1 Å². The topological polar surface area (TPSA) is 86.7 Å². The van der Waals surface area contributed by atoms with Gasteiger partial charge in [-0.05, 0) is 43.5 Å². The number of carboxylic acids is 1. The molecular weight excluding hydrogens is 360 g/mol. The lowest BCUT2D eigenvalue weighted by Crippen LogP contribution is -2.43. The Morgan fingerprint density at radius 1 is 1.38 bits per heavy atom. The van der Waals surface area contributed by atoms with Gasteiger partial charge in [-0.3, -0.25) is 9.52 Å². The molecule has 116 valence electrons. The highest BCUT2D eigenvalue weighted by Gasteiger charge is 2.31. The van der Waals surface area contributed by atoms with Gasteiger partial charge in [0.1, 0.15) is 0 Å². The number of aliphatic carboxylic acids is 1. The average Bonchev–Trinajstić information content (AvgIpc) is 2.42. The molecule has 0 saturated carbocycles. The van der Waals surface area contributed by atoms with Crippen LogP contribution in [-0.4, -0.2) is 36.9 Å². The summed E-state index contributed by atoms with van der Waals surface area (Å²) >= 11 is 3.33. The van der Waals surface area contributed by atoms with Crippen molar-refractivity contribution in [1.29, 1.82) is 0 Å². The molecule has 0 aliphatic carbocycles. The lowest BCUT2D eigenvalue weighted by atomic mass is 9.99. The van der Waals surface area contributed by atoms with Gasteiger partial charge in [0.25, 0.3) is 0 Å². The van der Waals surface area contributed by atoms with Crippen LogP contribution < -0.4 is 4.72 Å². The quantitative estimate of drug-likeness (QED) is 0.843. The van der Waals surface area contributed by atoms with Gasteiger partial charge in [-0.25, -0.2) is 0 Å². The normalized spacial score (nSPS) is 17.6. The molecule has 8 heteroatoms. The maximum absolute atomic E-state index is 12.3. The molecule has 0 radical (unpaired) electrons. The van der Waals surface area contributed by atoms with E-state index in [1.165, 1.54) is 4.31 Å². The molecule has 1 aromatic rings. The molecule has 2 rings (SSSR count). The van der Waals surface area contributed by atoms with Gasteiger partial charge in [0.15, 0.2) is 0 Å². The summed E-state index contributed by atoms with van der Waals surface area (Å²) in [6.07, 6.45) is 0.686. The number of nitrogens with zero attached hydrogens (tertiary/aromatic N) is 1. The van der Waals surface area contributed by atoms with Gasteiger partial charge in [0.2, 0.25) is 0 Å². The number of anilines is 1. The fourth-order valence-corrected chi connectivity index (χ4v) is 4.09. The number of benzene rings is 1. The number of carboxylic acid groups (broad SMARTS) is 1. The standard InChI is InChI=1S/C13H17BrN2O4S/c1-9-8-11(14)2-3-12(9)15-21(19,20)16-6-4-10(5-7-16)13(17)18/h2-3,8,10,15H,4-7H2,1H3,(H,17,18). The zero-order chi connectivity index (χ0) is 15.6. The predicted molar refractivity (Wildman–Crippen MR) is 83.4 cm³/mol. The minimum absolute atomic E-state index is 0.224. The van der Waals surface area contributed by atoms with E-state index in [4.69, 9.17) is 5.11 Å². The Bertz CT molecular complexity index is 640. The molecule has 0 amide bonds. The summed E-state index contributed by atoms with van der Waals surface area (Å²) in [4.78, 5) is 10.9. The number of rotatable bonds is 4. The fraction of sp³-hybridized carbons (Fsp3) is 0.462. The molecule has 2 N–H and O–H groups in total. The number of halogens is 1. The second-order valence-corrected chi connectivity index (χ2v) is 7.66. The molecule has 1 aromatic carbocycles. The molecule has 0 atom stereocenters. The van der Waals surface area contributed by atoms with Crippen LogP contribution in [0.25, 0.3) is 0 Å². The highest BCUT2D eigenvalue weighted by atomic mass is 79.9. The second-order valence-electron chi connectivity index (χ2n) is 5.08. The average molecular weight is 377 g/mol. The molecule has 1 fully saturated rings. The Hall–Kier alpha value is -1.12. The maximum Gasteiger partial charge on any atom is 0.306 e. The zero-order valence-corrected chi connectivity index (χ0v) is 13.9. The number of nitrogens with one attached hydrogen (secondary N) is 1. The van der Waals surface area contributed by atoms with Crippen molar-refractivity contribution in [2.24, 2.45) is 5.92 Å². The van der Waals surface area contributed by atoms with Gasteiger partial charge in [0.05, 0.1) is 11.6 Å². The zero-order valence-electron chi connectivity index (χ0n) is 11.5. The van der Waals surface area contributed by atoms with Crippen molar-refractivity contribution in [2.45, 2.75) is 19.8 Å². The molecule has 0 aromatic heterocycles. The Labute approximate surface area is 132 Å². The third kappa shape index (κ3) is 3.96. The lowest BCUT2D eigenvalue weighted by Gasteiger charge is -2.29. The Morgan fingerprint density at radius 3 is 2.52 bits per heavy atom.